The van der Waals surface area contributed by atoms with E-state index in [4.69, 9.17) is 9.72 Å². The maximum Gasteiger partial charge on any atom is 0.118 e. The number of rotatable bonds is 4. The van der Waals surface area contributed by atoms with Gasteiger partial charge >= 0.3 is 0 Å². The topological polar surface area (TPSA) is 35.0 Å². The minimum Gasteiger partial charge on any atom is -0.497 e. The number of nitrogens with zero attached hydrogens (tertiary/aromatic N) is 2. The van der Waals surface area contributed by atoms with Crippen molar-refractivity contribution in [3.63, 3.8) is 0 Å². The van der Waals surface area contributed by atoms with E-state index in [2.05, 4.69) is 30.1 Å². The maximum atomic E-state index is 5.22. The Balaban J connectivity index is 2.10. The van der Waals surface area contributed by atoms with E-state index < -0.39 is 0 Å². The lowest BCUT2D eigenvalue weighted by molar-refractivity contribution is 0.415. The van der Waals surface area contributed by atoms with E-state index >= 15 is 0 Å². The van der Waals surface area contributed by atoms with Crippen LogP contribution >= 0.6 is 11.3 Å². The molecule has 4 heteroatoms. The molecule has 2 heterocycles. The summed E-state index contributed by atoms with van der Waals surface area (Å²) in [6.45, 7) is 2.13. The molecular weight excluding hydrogens is 280 g/mol. The largest absolute Gasteiger partial charge is 0.497 e. The molecule has 0 aliphatic heterocycles. The van der Waals surface area contributed by atoms with Crippen LogP contribution in [0.5, 0.6) is 5.75 Å². The molecule has 0 aliphatic carbocycles. The van der Waals surface area contributed by atoms with Gasteiger partial charge in [-0.2, -0.15) is 0 Å². The van der Waals surface area contributed by atoms with E-state index in [-0.39, 0.29) is 0 Å². The molecule has 0 amide bonds. The van der Waals surface area contributed by atoms with E-state index in [1.165, 1.54) is 4.88 Å². The molecule has 3 rings (SSSR count). The van der Waals surface area contributed by atoms with Gasteiger partial charge in [0.1, 0.15) is 5.75 Å². The van der Waals surface area contributed by atoms with Gasteiger partial charge in [-0.25, -0.2) is 4.98 Å². The Morgan fingerprint density at radius 3 is 2.52 bits per heavy atom. The highest BCUT2D eigenvalue weighted by atomic mass is 32.1. The van der Waals surface area contributed by atoms with Crippen LogP contribution in [-0.2, 0) is 6.42 Å². The number of benzene rings is 1. The number of aryl methyl sites for hydroxylation is 1. The smallest absolute Gasteiger partial charge is 0.118 e. The standard InChI is InChI=1S/C17H16N2OS/c1-3-15-19-16(13-5-4-10-18-11-13)17(21-15)12-6-8-14(20-2)9-7-12/h4-11H,3H2,1-2H3. The number of methoxy groups -OCH3 is 1. The normalized spacial score (nSPS) is 10.6. The van der Waals surface area contributed by atoms with Gasteiger partial charge in [0.15, 0.2) is 0 Å². The third kappa shape index (κ3) is 2.81. The Labute approximate surface area is 128 Å². The van der Waals surface area contributed by atoms with E-state index in [0.717, 1.165) is 34.0 Å². The van der Waals surface area contributed by atoms with Crippen LogP contribution in [0.15, 0.2) is 48.8 Å². The van der Waals surface area contributed by atoms with Crippen LogP contribution in [0.4, 0.5) is 0 Å². The molecule has 2 aromatic heterocycles. The van der Waals surface area contributed by atoms with Crippen LogP contribution < -0.4 is 4.74 Å². The van der Waals surface area contributed by atoms with Crippen molar-refractivity contribution >= 4 is 11.3 Å². The molecule has 0 fully saturated rings. The molecule has 3 nitrogen and oxygen atoms in total. The second kappa shape index (κ2) is 6.06. The van der Waals surface area contributed by atoms with Crippen LogP contribution in [0.3, 0.4) is 0 Å². The first-order chi connectivity index (χ1) is 10.3. The SMILES string of the molecule is CCc1nc(-c2cccnc2)c(-c2ccc(OC)cc2)s1. The molecule has 0 saturated heterocycles. The molecule has 1 aromatic carbocycles. The second-order valence-corrected chi connectivity index (χ2v) is 5.69. The first kappa shape index (κ1) is 13.8. The number of thiazole rings is 1. The summed E-state index contributed by atoms with van der Waals surface area (Å²) in [7, 11) is 1.68. The Kier molecular flexibility index (Phi) is 3.97. The summed E-state index contributed by atoms with van der Waals surface area (Å²) >= 11 is 1.74. The average Bonchev–Trinajstić information content (AvgIpc) is 3.00. The van der Waals surface area contributed by atoms with Gasteiger partial charge < -0.3 is 4.74 Å². The van der Waals surface area contributed by atoms with Crippen molar-refractivity contribution in [3.8, 4) is 27.4 Å². The van der Waals surface area contributed by atoms with E-state index in [9.17, 15) is 0 Å². The van der Waals surface area contributed by atoms with E-state index in [1.54, 1.807) is 24.6 Å². The van der Waals surface area contributed by atoms with Gasteiger partial charge in [-0.15, -0.1) is 11.3 Å². The van der Waals surface area contributed by atoms with E-state index in [1.807, 2.05) is 24.4 Å². The van der Waals surface area contributed by atoms with Crippen LogP contribution in [0, 0.1) is 0 Å². The summed E-state index contributed by atoms with van der Waals surface area (Å²) in [6.07, 6.45) is 4.58. The summed E-state index contributed by atoms with van der Waals surface area (Å²) in [4.78, 5) is 10.2. The Morgan fingerprint density at radius 1 is 1.10 bits per heavy atom. The fourth-order valence-corrected chi connectivity index (χ4v) is 3.18. The van der Waals surface area contributed by atoms with Gasteiger partial charge in [-0.1, -0.05) is 6.92 Å². The zero-order valence-corrected chi connectivity index (χ0v) is 12.9. The number of hydrogen-bond donors (Lipinski definition) is 0. The Hall–Kier alpha value is -2.20. The quantitative estimate of drug-likeness (QED) is 0.713. The van der Waals surface area contributed by atoms with Gasteiger partial charge in [0.05, 0.1) is 22.7 Å². The summed E-state index contributed by atoms with van der Waals surface area (Å²) in [5.74, 6) is 0.863. The summed E-state index contributed by atoms with van der Waals surface area (Å²) in [6, 6.07) is 12.1. The van der Waals surface area contributed by atoms with Crippen molar-refractivity contribution in [2.24, 2.45) is 0 Å². The monoisotopic (exact) mass is 296 g/mol. The highest BCUT2D eigenvalue weighted by molar-refractivity contribution is 7.15. The zero-order valence-electron chi connectivity index (χ0n) is 12.0. The number of aromatic nitrogens is 2. The first-order valence-corrected chi connectivity index (χ1v) is 7.68. The predicted octanol–water partition coefficient (Wildman–Crippen LogP) is 4.44. The molecular formula is C17H16N2OS. The molecule has 21 heavy (non-hydrogen) atoms. The van der Waals surface area contributed by atoms with Crippen molar-refractivity contribution in [1.29, 1.82) is 0 Å². The van der Waals surface area contributed by atoms with Crippen molar-refractivity contribution in [2.75, 3.05) is 7.11 Å². The lowest BCUT2D eigenvalue weighted by atomic mass is 10.1. The molecule has 0 atom stereocenters. The molecule has 3 aromatic rings. The second-order valence-electron chi connectivity index (χ2n) is 4.61. The highest BCUT2D eigenvalue weighted by Crippen LogP contribution is 2.37. The van der Waals surface area contributed by atoms with Crippen LogP contribution in [0.2, 0.25) is 0 Å². The van der Waals surface area contributed by atoms with Crippen LogP contribution in [0.25, 0.3) is 21.7 Å². The number of ether oxygens (including phenoxy) is 1. The third-order valence-electron chi connectivity index (χ3n) is 3.26. The van der Waals surface area contributed by atoms with Gasteiger partial charge in [-0.3, -0.25) is 4.98 Å². The molecule has 0 bridgehead atoms. The Morgan fingerprint density at radius 2 is 1.90 bits per heavy atom. The van der Waals surface area contributed by atoms with Gasteiger partial charge in [-0.05, 0) is 48.4 Å². The fraction of sp³-hybridized carbons (Fsp3) is 0.176. The third-order valence-corrected chi connectivity index (χ3v) is 4.51. The molecule has 0 saturated carbocycles. The van der Waals surface area contributed by atoms with Crippen LogP contribution in [0.1, 0.15) is 11.9 Å². The van der Waals surface area contributed by atoms with Crippen molar-refractivity contribution in [3.05, 3.63) is 53.8 Å². The highest BCUT2D eigenvalue weighted by Gasteiger charge is 2.14. The van der Waals surface area contributed by atoms with Crippen molar-refractivity contribution in [2.45, 2.75) is 13.3 Å². The summed E-state index contributed by atoms with van der Waals surface area (Å²) < 4.78 is 5.22. The molecule has 0 N–H and O–H groups in total. The number of pyridine rings is 1. The molecule has 0 spiro atoms. The van der Waals surface area contributed by atoms with Crippen LogP contribution in [-0.4, -0.2) is 17.1 Å². The Bertz CT molecular complexity index is 720. The minimum absolute atomic E-state index is 0.863. The van der Waals surface area contributed by atoms with Gasteiger partial charge in [0.25, 0.3) is 0 Å². The average molecular weight is 296 g/mol. The van der Waals surface area contributed by atoms with Gasteiger partial charge in [0, 0.05) is 18.0 Å². The fourth-order valence-electron chi connectivity index (χ4n) is 2.15. The van der Waals surface area contributed by atoms with Gasteiger partial charge in [0.2, 0.25) is 0 Å². The van der Waals surface area contributed by atoms with Crippen molar-refractivity contribution < 1.29 is 4.74 Å². The zero-order chi connectivity index (χ0) is 14.7. The minimum atomic E-state index is 0.863. The summed E-state index contributed by atoms with van der Waals surface area (Å²) in [5.41, 5.74) is 3.22. The lowest BCUT2D eigenvalue weighted by Crippen LogP contribution is -1.85. The summed E-state index contributed by atoms with van der Waals surface area (Å²) in [5, 5.41) is 1.14. The van der Waals surface area contributed by atoms with Crippen molar-refractivity contribution in [1.82, 2.24) is 9.97 Å². The molecule has 0 radical (unpaired) electrons. The molecule has 106 valence electrons. The maximum absolute atomic E-state index is 5.22. The number of hydrogen-bond acceptors (Lipinski definition) is 4. The lowest BCUT2D eigenvalue weighted by Gasteiger charge is -2.04. The predicted molar refractivity (Wildman–Crippen MR) is 86.7 cm³/mol. The van der Waals surface area contributed by atoms with E-state index in [0.29, 0.717) is 0 Å². The molecule has 0 aliphatic rings. The first-order valence-electron chi connectivity index (χ1n) is 6.86. The molecule has 0 unspecified atom stereocenters.